The van der Waals surface area contributed by atoms with E-state index in [4.69, 9.17) is 14.2 Å². The van der Waals surface area contributed by atoms with Gasteiger partial charge in [-0.25, -0.2) is 0 Å². The number of rotatable bonds is 10. The molecule has 1 saturated carbocycles. The Morgan fingerprint density at radius 1 is 0.929 bits per heavy atom. The van der Waals surface area contributed by atoms with Crippen LogP contribution in [-0.2, 0) is 16.0 Å². The van der Waals surface area contributed by atoms with E-state index in [1.54, 1.807) is 33.5 Å². The van der Waals surface area contributed by atoms with Crippen molar-refractivity contribution < 1.29 is 23.8 Å². The van der Waals surface area contributed by atoms with Gasteiger partial charge in [0.25, 0.3) is 0 Å². The SMILES string of the molecule is COc1cc2c(c(OC)c1OC)-c1ccc(NC(CC(C)C)C(=O)NC3CCCCC3)c(=O)cc1C(NC(C)=O)CC2. The van der Waals surface area contributed by atoms with Gasteiger partial charge in [-0.05, 0) is 72.9 Å². The van der Waals surface area contributed by atoms with Crippen LogP contribution in [-0.4, -0.2) is 45.2 Å². The fraction of sp³-hybridized carbons (Fsp3) is 0.545. The third-order valence-corrected chi connectivity index (χ3v) is 8.22. The Bertz CT molecular complexity index is 1350. The third kappa shape index (κ3) is 6.99. The summed E-state index contributed by atoms with van der Waals surface area (Å²) in [4.78, 5) is 39.4. The molecule has 228 valence electrons. The van der Waals surface area contributed by atoms with Crippen LogP contribution >= 0.6 is 0 Å². The molecular formula is C33H45N3O6. The average Bonchev–Trinajstić information content (AvgIpc) is 3.20. The maximum absolute atomic E-state index is 13.8. The van der Waals surface area contributed by atoms with E-state index in [9.17, 15) is 14.4 Å². The number of amides is 2. The number of anilines is 1. The standard InChI is InChI=1S/C33H45N3O6/c1-19(2)16-27(33(39)35-22-10-8-7-9-11-22)36-26-15-13-23-24(18-28(26)38)25(34-20(3)37)14-12-21-17-29(40-4)31(41-5)32(42-6)30(21)23/h13,15,17-19,22,25,27H,7-12,14,16H2,1-6H3,(H,34,37)(H,35,39)(H,36,38). The van der Waals surface area contributed by atoms with Crippen molar-refractivity contribution in [3.63, 3.8) is 0 Å². The van der Waals surface area contributed by atoms with Gasteiger partial charge in [-0.15, -0.1) is 0 Å². The number of carbonyl (C=O) groups is 2. The molecule has 0 radical (unpaired) electrons. The zero-order valence-corrected chi connectivity index (χ0v) is 25.7. The molecule has 2 atom stereocenters. The van der Waals surface area contributed by atoms with E-state index in [0.717, 1.165) is 42.4 Å². The molecule has 0 saturated heterocycles. The molecule has 0 heterocycles. The van der Waals surface area contributed by atoms with Crippen molar-refractivity contribution in [1.29, 1.82) is 0 Å². The Labute approximate surface area is 248 Å². The molecule has 0 spiro atoms. The number of aryl methyl sites for hydroxylation is 1. The summed E-state index contributed by atoms with van der Waals surface area (Å²) in [7, 11) is 4.71. The summed E-state index contributed by atoms with van der Waals surface area (Å²) >= 11 is 0. The molecule has 9 nitrogen and oxygen atoms in total. The van der Waals surface area contributed by atoms with E-state index >= 15 is 0 Å². The molecule has 4 rings (SSSR count). The number of carbonyl (C=O) groups excluding carboxylic acids is 2. The molecule has 2 aromatic carbocycles. The quantitative estimate of drug-likeness (QED) is 0.357. The molecule has 1 fully saturated rings. The van der Waals surface area contributed by atoms with Crippen molar-refractivity contribution in [2.45, 2.75) is 90.3 Å². The Morgan fingerprint density at radius 3 is 2.26 bits per heavy atom. The molecule has 3 N–H and O–H groups in total. The Kier molecular flexibility index (Phi) is 10.4. The van der Waals surface area contributed by atoms with Gasteiger partial charge in [-0.3, -0.25) is 14.4 Å². The number of fused-ring (bicyclic) bond motifs is 3. The molecule has 2 aliphatic carbocycles. The molecule has 42 heavy (non-hydrogen) atoms. The van der Waals surface area contributed by atoms with Gasteiger partial charge in [0.15, 0.2) is 11.5 Å². The number of ether oxygens (including phenoxy) is 3. The number of hydrogen-bond acceptors (Lipinski definition) is 7. The van der Waals surface area contributed by atoms with E-state index in [1.807, 2.05) is 12.1 Å². The summed E-state index contributed by atoms with van der Waals surface area (Å²) in [5.41, 5.74) is 3.24. The van der Waals surface area contributed by atoms with Crippen molar-refractivity contribution >= 4 is 17.5 Å². The molecule has 9 heteroatoms. The van der Waals surface area contributed by atoms with Gasteiger partial charge in [0.05, 0.1) is 33.1 Å². The monoisotopic (exact) mass is 579 g/mol. The van der Waals surface area contributed by atoms with Gasteiger partial charge in [0.2, 0.25) is 23.0 Å². The van der Waals surface area contributed by atoms with Gasteiger partial charge in [0, 0.05) is 18.5 Å². The predicted octanol–water partition coefficient (Wildman–Crippen LogP) is 5.14. The van der Waals surface area contributed by atoms with Crippen LogP contribution in [0.4, 0.5) is 5.69 Å². The molecule has 2 unspecified atom stereocenters. The average molecular weight is 580 g/mol. The Morgan fingerprint density at radius 2 is 1.64 bits per heavy atom. The zero-order chi connectivity index (χ0) is 30.4. The minimum absolute atomic E-state index is 0.0805. The lowest BCUT2D eigenvalue weighted by Crippen LogP contribution is -2.46. The third-order valence-electron chi connectivity index (χ3n) is 8.22. The summed E-state index contributed by atoms with van der Waals surface area (Å²) in [6.07, 6.45) is 7.19. The maximum Gasteiger partial charge on any atom is 0.242 e. The van der Waals surface area contributed by atoms with E-state index in [2.05, 4.69) is 29.8 Å². The first-order chi connectivity index (χ1) is 20.2. The molecule has 2 amide bonds. The highest BCUT2D eigenvalue weighted by Crippen LogP contribution is 2.50. The van der Waals surface area contributed by atoms with Crippen molar-refractivity contribution in [3.8, 4) is 28.4 Å². The second kappa shape index (κ2) is 13.9. The molecule has 0 aromatic heterocycles. The first-order valence-electron chi connectivity index (χ1n) is 15.0. The highest BCUT2D eigenvalue weighted by molar-refractivity contribution is 5.86. The van der Waals surface area contributed by atoms with Crippen LogP contribution in [0.5, 0.6) is 17.2 Å². The first kappa shape index (κ1) is 31.2. The van der Waals surface area contributed by atoms with Gasteiger partial charge in [-0.1, -0.05) is 39.2 Å². The van der Waals surface area contributed by atoms with Gasteiger partial charge in [-0.2, -0.15) is 0 Å². The van der Waals surface area contributed by atoms with Crippen molar-refractivity contribution in [2.75, 3.05) is 26.6 Å². The molecular weight excluding hydrogens is 534 g/mol. The summed E-state index contributed by atoms with van der Waals surface area (Å²) in [6, 6.07) is 6.33. The lowest BCUT2D eigenvalue weighted by molar-refractivity contribution is -0.123. The van der Waals surface area contributed by atoms with E-state index in [1.165, 1.54) is 13.3 Å². The maximum atomic E-state index is 13.8. The Hall–Kier alpha value is -3.75. The second-order valence-electron chi connectivity index (χ2n) is 11.8. The van der Waals surface area contributed by atoms with Crippen LogP contribution in [0.25, 0.3) is 11.1 Å². The molecule has 0 aliphatic heterocycles. The largest absolute Gasteiger partial charge is 0.493 e. The molecule has 2 aromatic rings. The summed E-state index contributed by atoms with van der Waals surface area (Å²) in [6.45, 7) is 5.60. The minimum atomic E-state index is -0.556. The minimum Gasteiger partial charge on any atom is -0.493 e. The smallest absolute Gasteiger partial charge is 0.242 e. The highest BCUT2D eigenvalue weighted by atomic mass is 16.5. The van der Waals surface area contributed by atoms with E-state index in [-0.39, 0.29) is 29.2 Å². The number of nitrogens with one attached hydrogen (secondary N) is 3. The summed E-state index contributed by atoms with van der Waals surface area (Å²) in [5.74, 6) is 1.46. The normalized spacial score (nSPS) is 17.3. The predicted molar refractivity (Wildman–Crippen MR) is 165 cm³/mol. The summed E-state index contributed by atoms with van der Waals surface area (Å²) < 4.78 is 17.2. The molecule has 0 bridgehead atoms. The Balaban J connectivity index is 1.82. The summed E-state index contributed by atoms with van der Waals surface area (Å²) in [5, 5.41) is 9.54. The van der Waals surface area contributed by atoms with Gasteiger partial charge >= 0.3 is 0 Å². The second-order valence-corrected chi connectivity index (χ2v) is 11.8. The van der Waals surface area contributed by atoms with Crippen LogP contribution in [0.15, 0.2) is 29.1 Å². The van der Waals surface area contributed by atoms with Gasteiger partial charge < -0.3 is 30.2 Å². The lowest BCUT2D eigenvalue weighted by atomic mass is 9.94. The topological polar surface area (TPSA) is 115 Å². The lowest BCUT2D eigenvalue weighted by Gasteiger charge is -2.27. The van der Waals surface area contributed by atoms with Crippen LogP contribution in [0.1, 0.15) is 82.9 Å². The van der Waals surface area contributed by atoms with Crippen LogP contribution in [0, 0.1) is 5.92 Å². The van der Waals surface area contributed by atoms with Crippen LogP contribution in [0.3, 0.4) is 0 Å². The number of benzene rings is 1. The van der Waals surface area contributed by atoms with Crippen molar-refractivity contribution in [1.82, 2.24) is 10.6 Å². The van der Waals surface area contributed by atoms with Crippen molar-refractivity contribution in [3.05, 3.63) is 45.6 Å². The fourth-order valence-electron chi connectivity index (χ4n) is 6.27. The number of methoxy groups -OCH3 is 3. The first-order valence-corrected chi connectivity index (χ1v) is 15.0. The van der Waals surface area contributed by atoms with Crippen molar-refractivity contribution in [2.24, 2.45) is 5.92 Å². The van der Waals surface area contributed by atoms with Crippen LogP contribution < -0.4 is 35.6 Å². The highest BCUT2D eigenvalue weighted by Gasteiger charge is 2.30. The molecule has 2 aliphatic rings. The van der Waals surface area contributed by atoms with Crippen LogP contribution in [0.2, 0.25) is 0 Å². The van der Waals surface area contributed by atoms with Gasteiger partial charge in [0.1, 0.15) is 6.04 Å². The number of hydrogen-bond donors (Lipinski definition) is 3. The fourth-order valence-corrected chi connectivity index (χ4v) is 6.27. The van der Waals surface area contributed by atoms with E-state index < -0.39 is 12.1 Å². The van der Waals surface area contributed by atoms with E-state index in [0.29, 0.717) is 47.8 Å². The zero-order valence-electron chi connectivity index (χ0n) is 25.7.